The fourth-order valence-electron chi connectivity index (χ4n) is 3.71. The highest BCUT2D eigenvalue weighted by molar-refractivity contribution is 7.99. The number of pyridine rings is 1. The molecule has 4 rings (SSSR count). The fourth-order valence-corrected chi connectivity index (χ4v) is 4.60. The van der Waals surface area contributed by atoms with Crippen LogP contribution < -0.4 is 5.56 Å². The summed E-state index contributed by atoms with van der Waals surface area (Å²) < 4.78 is 1.50. The summed E-state index contributed by atoms with van der Waals surface area (Å²) in [5.41, 5.74) is 6.59. The predicted octanol–water partition coefficient (Wildman–Crippen LogP) is 5.30. The van der Waals surface area contributed by atoms with Gasteiger partial charge < -0.3 is 0 Å². The molecule has 0 aliphatic heterocycles. The van der Waals surface area contributed by atoms with Crippen LogP contribution in [-0.4, -0.2) is 26.1 Å². The molecule has 0 saturated heterocycles. The van der Waals surface area contributed by atoms with Gasteiger partial charge in [-0.3, -0.25) is 9.59 Å². The lowest BCUT2D eigenvalue weighted by Gasteiger charge is -2.15. The van der Waals surface area contributed by atoms with E-state index >= 15 is 0 Å². The second kappa shape index (κ2) is 8.71. The number of aromatic nitrogens is 3. The van der Waals surface area contributed by atoms with Crippen LogP contribution in [0.1, 0.15) is 38.2 Å². The first-order valence-electron chi connectivity index (χ1n) is 10.5. The van der Waals surface area contributed by atoms with Crippen LogP contribution >= 0.6 is 11.8 Å². The summed E-state index contributed by atoms with van der Waals surface area (Å²) in [5, 5.41) is 0.975. The van der Waals surface area contributed by atoms with Crippen molar-refractivity contribution in [3.63, 3.8) is 0 Å². The van der Waals surface area contributed by atoms with Crippen molar-refractivity contribution in [3.05, 3.63) is 92.4 Å². The van der Waals surface area contributed by atoms with E-state index in [2.05, 4.69) is 11.9 Å². The third-order valence-electron chi connectivity index (χ3n) is 5.98. The number of fused-ring (bicyclic) bond motifs is 1. The van der Waals surface area contributed by atoms with Crippen molar-refractivity contribution in [2.45, 2.75) is 39.8 Å². The molecule has 0 unspecified atom stereocenters. The van der Waals surface area contributed by atoms with Gasteiger partial charge in [-0.2, -0.15) is 0 Å². The van der Waals surface area contributed by atoms with Crippen molar-refractivity contribution < 1.29 is 4.79 Å². The first-order valence-corrected chi connectivity index (χ1v) is 11.4. The topological polar surface area (TPSA) is 64.8 Å². The van der Waals surface area contributed by atoms with Gasteiger partial charge in [-0.15, -0.1) is 0 Å². The van der Waals surface area contributed by atoms with E-state index in [4.69, 9.17) is 4.98 Å². The molecule has 0 N–H and O–H groups in total. The lowest BCUT2D eigenvalue weighted by molar-refractivity contribution is 0.102. The van der Waals surface area contributed by atoms with Crippen LogP contribution in [0.15, 0.2) is 58.6 Å². The molecule has 0 amide bonds. The van der Waals surface area contributed by atoms with Crippen LogP contribution in [-0.2, 0) is 0 Å². The van der Waals surface area contributed by atoms with Crippen molar-refractivity contribution in [1.29, 1.82) is 0 Å². The normalized spacial score (nSPS) is 11.2. The number of hydrogen-bond donors (Lipinski definition) is 0. The van der Waals surface area contributed by atoms with Gasteiger partial charge in [0.15, 0.2) is 10.9 Å². The maximum atomic E-state index is 13.3. The molecule has 2 heterocycles. The number of rotatable bonds is 5. The van der Waals surface area contributed by atoms with E-state index in [-0.39, 0.29) is 17.1 Å². The van der Waals surface area contributed by atoms with Gasteiger partial charge in [0, 0.05) is 11.8 Å². The number of Topliss-reactive ketones (excluding diaryl/α,β-unsaturated/α-hetero) is 1. The Bertz CT molecular complexity index is 1410. The molecule has 2 aromatic carbocycles. The molecular weight excluding hydrogens is 418 g/mol. The Balaban J connectivity index is 1.76. The van der Waals surface area contributed by atoms with E-state index in [0.717, 1.165) is 27.8 Å². The molecule has 0 bridgehead atoms. The standard InChI is InChI=1S/C26H25N3O2S/c1-15-10-11-24(27-13-15)29-25(31)20-8-6-7-9-22(20)28-26(29)32-14-23(30)21-12-16(2)17(3)18(4)19(21)5/h6-13H,14H2,1-5H3. The summed E-state index contributed by atoms with van der Waals surface area (Å²) in [5.74, 6) is 0.691. The molecule has 2 aromatic heterocycles. The van der Waals surface area contributed by atoms with Crippen LogP contribution in [0, 0.1) is 34.6 Å². The molecule has 0 aliphatic carbocycles. The van der Waals surface area contributed by atoms with Crippen molar-refractivity contribution in [2.75, 3.05) is 5.75 Å². The van der Waals surface area contributed by atoms with Gasteiger partial charge in [-0.05, 0) is 86.7 Å². The Kier molecular flexibility index (Phi) is 5.98. The zero-order chi connectivity index (χ0) is 23.0. The van der Waals surface area contributed by atoms with E-state index in [1.165, 1.54) is 21.9 Å². The van der Waals surface area contributed by atoms with Gasteiger partial charge in [0.2, 0.25) is 0 Å². The lowest BCUT2D eigenvalue weighted by Crippen LogP contribution is -2.23. The molecule has 0 radical (unpaired) electrons. The molecule has 6 heteroatoms. The van der Waals surface area contributed by atoms with Gasteiger partial charge >= 0.3 is 0 Å². The van der Waals surface area contributed by atoms with Gasteiger partial charge in [0.25, 0.3) is 5.56 Å². The number of nitrogens with zero attached hydrogens (tertiary/aromatic N) is 3. The molecule has 0 atom stereocenters. The minimum atomic E-state index is -0.194. The summed E-state index contributed by atoms with van der Waals surface area (Å²) in [7, 11) is 0. The van der Waals surface area contributed by atoms with Gasteiger partial charge in [0.05, 0.1) is 16.7 Å². The minimum Gasteiger partial charge on any atom is -0.293 e. The first kappa shape index (κ1) is 22.0. The second-order valence-corrected chi connectivity index (χ2v) is 9.02. The van der Waals surface area contributed by atoms with Crippen molar-refractivity contribution in [1.82, 2.24) is 14.5 Å². The third kappa shape index (κ3) is 3.98. The number of carbonyl (C=O) groups is 1. The zero-order valence-electron chi connectivity index (χ0n) is 18.9. The Labute approximate surface area is 191 Å². The van der Waals surface area contributed by atoms with Crippen LogP contribution in [0.2, 0.25) is 0 Å². The summed E-state index contributed by atoms with van der Waals surface area (Å²) in [6, 6.07) is 12.9. The Morgan fingerprint density at radius 3 is 2.44 bits per heavy atom. The van der Waals surface area contributed by atoms with Crippen molar-refractivity contribution in [2.24, 2.45) is 0 Å². The SMILES string of the molecule is Cc1ccc(-n2c(SCC(=O)c3cc(C)c(C)c(C)c3C)nc3ccccc3c2=O)nc1. The summed E-state index contributed by atoms with van der Waals surface area (Å²) >= 11 is 1.26. The Hall–Kier alpha value is -3.25. The van der Waals surface area contributed by atoms with E-state index in [1.54, 1.807) is 18.3 Å². The maximum Gasteiger partial charge on any atom is 0.267 e. The second-order valence-electron chi connectivity index (χ2n) is 8.07. The average Bonchev–Trinajstić information content (AvgIpc) is 2.79. The average molecular weight is 444 g/mol. The van der Waals surface area contributed by atoms with Crippen LogP contribution in [0.25, 0.3) is 16.7 Å². The highest BCUT2D eigenvalue weighted by Crippen LogP contribution is 2.25. The number of carbonyl (C=O) groups excluding carboxylic acids is 1. The number of aryl methyl sites for hydroxylation is 2. The Morgan fingerprint density at radius 2 is 1.72 bits per heavy atom. The lowest BCUT2D eigenvalue weighted by atomic mass is 9.93. The van der Waals surface area contributed by atoms with Crippen LogP contribution in [0.4, 0.5) is 0 Å². The third-order valence-corrected chi connectivity index (χ3v) is 6.92. The maximum absolute atomic E-state index is 13.3. The summed E-state index contributed by atoms with van der Waals surface area (Å²) in [6.07, 6.45) is 1.72. The fraction of sp³-hybridized carbons (Fsp3) is 0.231. The zero-order valence-corrected chi connectivity index (χ0v) is 19.7. The van der Waals surface area contributed by atoms with Gasteiger partial charge in [-0.25, -0.2) is 14.5 Å². The van der Waals surface area contributed by atoms with E-state index in [1.807, 2.05) is 58.0 Å². The molecule has 0 fully saturated rings. The quantitative estimate of drug-likeness (QED) is 0.238. The van der Waals surface area contributed by atoms with Crippen molar-refractivity contribution >= 4 is 28.4 Å². The monoisotopic (exact) mass is 443 g/mol. The van der Waals surface area contributed by atoms with Crippen molar-refractivity contribution in [3.8, 4) is 5.82 Å². The number of thioether (sulfide) groups is 1. The minimum absolute atomic E-state index is 0.0181. The van der Waals surface area contributed by atoms with E-state index < -0.39 is 0 Å². The molecular formula is C26H25N3O2S. The van der Waals surface area contributed by atoms with E-state index in [0.29, 0.717) is 21.9 Å². The largest absolute Gasteiger partial charge is 0.293 e. The van der Waals surface area contributed by atoms with Gasteiger partial charge in [-0.1, -0.05) is 30.0 Å². The predicted molar refractivity (Wildman–Crippen MR) is 130 cm³/mol. The molecule has 162 valence electrons. The van der Waals surface area contributed by atoms with Gasteiger partial charge in [0.1, 0.15) is 5.82 Å². The molecule has 0 aliphatic rings. The highest BCUT2D eigenvalue weighted by atomic mass is 32.2. The number of benzene rings is 2. The Morgan fingerprint density at radius 1 is 0.969 bits per heavy atom. The summed E-state index contributed by atoms with van der Waals surface area (Å²) in [6.45, 7) is 10.1. The smallest absolute Gasteiger partial charge is 0.267 e. The number of para-hydroxylation sites is 1. The van der Waals surface area contributed by atoms with Crippen LogP contribution in [0.5, 0.6) is 0 Å². The van der Waals surface area contributed by atoms with E-state index in [9.17, 15) is 9.59 Å². The molecule has 5 nitrogen and oxygen atoms in total. The first-order chi connectivity index (χ1) is 15.3. The number of ketones is 1. The molecule has 0 saturated carbocycles. The molecule has 32 heavy (non-hydrogen) atoms. The molecule has 0 spiro atoms. The highest BCUT2D eigenvalue weighted by Gasteiger charge is 2.18. The number of hydrogen-bond acceptors (Lipinski definition) is 5. The molecule has 4 aromatic rings. The van der Waals surface area contributed by atoms with Crippen LogP contribution in [0.3, 0.4) is 0 Å². The summed E-state index contributed by atoms with van der Waals surface area (Å²) in [4.78, 5) is 35.6.